The Balaban J connectivity index is 1.53. The minimum absolute atomic E-state index is 0.354. The van der Waals surface area contributed by atoms with Crippen LogP contribution in [0.2, 0.25) is 0 Å². The van der Waals surface area contributed by atoms with Crippen molar-refractivity contribution in [2.24, 2.45) is 0 Å². The molecule has 2 aromatic rings. The van der Waals surface area contributed by atoms with E-state index in [9.17, 15) is 14.7 Å². The summed E-state index contributed by atoms with van der Waals surface area (Å²) in [5.41, 5.74) is 3.46. The molecule has 1 aliphatic rings. The summed E-state index contributed by atoms with van der Waals surface area (Å²) in [6.45, 7) is 6.06. The molecule has 0 unspecified atom stereocenters. The molecule has 1 amide bonds. The van der Waals surface area contributed by atoms with Gasteiger partial charge in [0.2, 0.25) is 0 Å². The fraction of sp³-hybridized carbons (Fsp3) is 0.333. The van der Waals surface area contributed by atoms with E-state index in [0.717, 1.165) is 44.0 Å². The van der Waals surface area contributed by atoms with Crippen molar-refractivity contribution in [3.8, 4) is 11.8 Å². The van der Waals surface area contributed by atoms with E-state index >= 15 is 0 Å². The Morgan fingerprint density at radius 2 is 1.82 bits per heavy atom. The van der Waals surface area contributed by atoms with Crippen molar-refractivity contribution >= 4 is 18.0 Å². The van der Waals surface area contributed by atoms with Crippen LogP contribution in [0.5, 0.6) is 0 Å². The van der Waals surface area contributed by atoms with Crippen molar-refractivity contribution < 1.29 is 24.2 Å². The van der Waals surface area contributed by atoms with Crippen LogP contribution in [0, 0.1) is 11.8 Å². The van der Waals surface area contributed by atoms with Gasteiger partial charge in [-0.2, -0.15) is 0 Å². The number of nitrogens with one attached hydrogen (secondary N) is 1. The van der Waals surface area contributed by atoms with E-state index in [2.05, 4.69) is 46.3 Å². The topological polar surface area (TPSA) is 88.1 Å². The largest absolute Gasteiger partial charge is 0.480 e. The summed E-state index contributed by atoms with van der Waals surface area (Å²) >= 11 is 0. The molecule has 1 heterocycles. The molecule has 0 saturated carbocycles. The Kier molecular flexibility index (Phi) is 9.41. The molecular weight excluding hydrogens is 432 g/mol. The fourth-order valence-corrected chi connectivity index (χ4v) is 3.46. The Morgan fingerprint density at radius 3 is 2.44 bits per heavy atom. The molecule has 7 nitrogen and oxygen atoms in total. The third-order valence-electron chi connectivity index (χ3n) is 5.61. The average molecular weight is 463 g/mol. The van der Waals surface area contributed by atoms with Gasteiger partial charge in [0.25, 0.3) is 5.91 Å². The maximum absolute atomic E-state index is 12.4. The van der Waals surface area contributed by atoms with Crippen molar-refractivity contribution in [2.75, 3.05) is 33.4 Å². The Labute approximate surface area is 200 Å². The lowest BCUT2D eigenvalue weighted by Crippen LogP contribution is -2.48. The zero-order valence-corrected chi connectivity index (χ0v) is 19.5. The first-order valence-electron chi connectivity index (χ1n) is 11.2. The van der Waals surface area contributed by atoms with Gasteiger partial charge in [0.15, 0.2) is 6.04 Å². The Morgan fingerprint density at radius 1 is 1.15 bits per heavy atom. The number of hydrogen-bond donors (Lipinski definition) is 2. The van der Waals surface area contributed by atoms with Gasteiger partial charge >= 0.3 is 5.97 Å². The lowest BCUT2D eigenvalue weighted by atomic mass is 10.1. The number of hydrogen-bond acceptors (Lipinski definition) is 5. The van der Waals surface area contributed by atoms with Crippen LogP contribution in [-0.2, 0) is 20.8 Å². The number of morpholine rings is 1. The molecule has 7 heteroatoms. The highest BCUT2D eigenvalue weighted by Gasteiger charge is 2.26. The van der Waals surface area contributed by atoms with Gasteiger partial charge in [-0.25, -0.2) is 4.79 Å². The molecular formula is C27H30N2O5. The number of ether oxygens (including phenoxy) is 2. The van der Waals surface area contributed by atoms with Gasteiger partial charge in [0.05, 0.1) is 19.3 Å². The van der Waals surface area contributed by atoms with Gasteiger partial charge in [-0.15, -0.1) is 0 Å². The molecule has 0 spiro atoms. The first-order chi connectivity index (χ1) is 16.5. The fourth-order valence-electron chi connectivity index (χ4n) is 3.46. The van der Waals surface area contributed by atoms with Gasteiger partial charge in [-0.3, -0.25) is 9.69 Å². The summed E-state index contributed by atoms with van der Waals surface area (Å²) in [5.74, 6) is 4.40. The number of nitrogens with zero attached hydrogens (tertiary/aromatic N) is 1. The van der Waals surface area contributed by atoms with Crippen LogP contribution in [0.1, 0.15) is 34.0 Å². The first-order valence-corrected chi connectivity index (χ1v) is 11.2. The van der Waals surface area contributed by atoms with Crippen LogP contribution < -0.4 is 5.32 Å². The molecule has 0 radical (unpaired) electrons. The van der Waals surface area contributed by atoms with E-state index in [1.807, 2.05) is 6.08 Å². The molecule has 2 atom stereocenters. The van der Waals surface area contributed by atoms with Gasteiger partial charge in [-0.1, -0.05) is 36.1 Å². The van der Waals surface area contributed by atoms with Crippen molar-refractivity contribution in [1.29, 1.82) is 0 Å². The molecule has 0 aromatic heterocycles. The molecule has 3 rings (SSSR count). The van der Waals surface area contributed by atoms with Gasteiger partial charge < -0.3 is 19.9 Å². The first kappa shape index (κ1) is 25.2. The van der Waals surface area contributed by atoms with E-state index in [-0.39, 0.29) is 0 Å². The molecule has 1 aliphatic heterocycles. The number of allylic oxidation sites excluding steroid dienone is 1. The number of amides is 1. The molecule has 34 heavy (non-hydrogen) atoms. The third kappa shape index (κ3) is 7.56. The highest BCUT2D eigenvalue weighted by molar-refractivity contribution is 5.96. The number of aliphatic carboxylic acids is 1. The second kappa shape index (κ2) is 12.7. The highest BCUT2D eigenvalue weighted by atomic mass is 16.5. The molecule has 1 saturated heterocycles. The SMILES string of the molecule is CO[C@H](C)[C@H](NC(=O)c1ccc(C#CC=Cc2ccc(CN3CCOCC3)cc2)cc1)C(=O)O. The van der Waals surface area contributed by atoms with Crippen LogP contribution in [0.3, 0.4) is 0 Å². The summed E-state index contributed by atoms with van der Waals surface area (Å²) in [4.78, 5) is 26.1. The second-order valence-corrected chi connectivity index (χ2v) is 8.04. The van der Waals surface area contributed by atoms with Crippen molar-refractivity contribution in [2.45, 2.75) is 25.6 Å². The number of methoxy groups -OCH3 is 1. The lowest BCUT2D eigenvalue weighted by Gasteiger charge is -2.26. The second-order valence-electron chi connectivity index (χ2n) is 8.04. The standard InChI is InChI=1S/C27H30N2O5/c1-20(33-2)25(27(31)32)28-26(30)24-13-11-22(12-14-24)6-4-3-5-21-7-9-23(10-8-21)19-29-15-17-34-18-16-29/h3,5,7-14,20,25H,15-19H2,1-2H3,(H,28,30)(H,31,32)/t20-,25+/m1/s1. The van der Waals surface area contributed by atoms with E-state index in [0.29, 0.717) is 5.56 Å². The Hall–Kier alpha value is -3.44. The van der Waals surface area contributed by atoms with Crippen LogP contribution in [0.25, 0.3) is 6.08 Å². The van der Waals surface area contributed by atoms with E-state index in [1.54, 1.807) is 37.3 Å². The van der Waals surface area contributed by atoms with Crippen molar-refractivity contribution in [3.63, 3.8) is 0 Å². The molecule has 0 bridgehead atoms. The van der Waals surface area contributed by atoms with Crippen LogP contribution in [0.4, 0.5) is 0 Å². The summed E-state index contributed by atoms with van der Waals surface area (Å²) < 4.78 is 10.4. The van der Waals surface area contributed by atoms with Crippen molar-refractivity contribution in [3.05, 3.63) is 76.9 Å². The zero-order valence-electron chi connectivity index (χ0n) is 19.5. The quantitative estimate of drug-likeness (QED) is 0.587. The highest BCUT2D eigenvalue weighted by Crippen LogP contribution is 2.10. The van der Waals surface area contributed by atoms with Gasteiger partial charge in [0.1, 0.15) is 0 Å². The number of rotatable bonds is 8. The summed E-state index contributed by atoms with van der Waals surface area (Å²) in [6.07, 6.45) is 3.09. The van der Waals surface area contributed by atoms with E-state index in [4.69, 9.17) is 9.47 Å². The molecule has 2 aromatic carbocycles. The van der Waals surface area contributed by atoms with Gasteiger partial charge in [0, 0.05) is 37.9 Å². The predicted octanol–water partition coefficient (Wildman–Crippen LogP) is 2.80. The lowest BCUT2D eigenvalue weighted by molar-refractivity contribution is -0.142. The van der Waals surface area contributed by atoms with Crippen LogP contribution in [0.15, 0.2) is 54.6 Å². The molecule has 0 aliphatic carbocycles. The molecule has 2 N–H and O–H groups in total. The minimum Gasteiger partial charge on any atom is -0.480 e. The number of carbonyl (C=O) groups excluding carboxylic acids is 1. The summed E-state index contributed by atoms with van der Waals surface area (Å²) in [5, 5.41) is 11.8. The summed E-state index contributed by atoms with van der Waals surface area (Å²) in [6, 6.07) is 14.0. The minimum atomic E-state index is -1.15. The average Bonchev–Trinajstić information content (AvgIpc) is 2.86. The van der Waals surface area contributed by atoms with Crippen LogP contribution in [-0.4, -0.2) is 67.4 Å². The van der Waals surface area contributed by atoms with E-state index in [1.165, 1.54) is 12.7 Å². The number of carbonyl (C=O) groups is 2. The van der Waals surface area contributed by atoms with E-state index < -0.39 is 24.0 Å². The van der Waals surface area contributed by atoms with Crippen LogP contribution >= 0.6 is 0 Å². The predicted molar refractivity (Wildman–Crippen MR) is 130 cm³/mol. The smallest absolute Gasteiger partial charge is 0.328 e. The monoisotopic (exact) mass is 462 g/mol. The summed E-state index contributed by atoms with van der Waals surface area (Å²) in [7, 11) is 1.40. The molecule has 178 valence electrons. The molecule has 1 fully saturated rings. The maximum atomic E-state index is 12.4. The normalized spacial score (nSPS) is 15.8. The maximum Gasteiger partial charge on any atom is 0.328 e. The third-order valence-corrected chi connectivity index (χ3v) is 5.61. The number of carboxylic acid groups (broad SMARTS) is 1. The van der Waals surface area contributed by atoms with Crippen molar-refractivity contribution in [1.82, 2.24) is 10.2 Å². The van der Waals surface area contributed by atoms with Gasteiger partial charge in [-0.05, 0) is 54.5 Å². The number of benzene rings is 2. The zero-order chi connectivity index (χ0) is 24.3. The Bertz CT molecular complexity index is 1050. The number of carboxylic acids is 1.